The molecule has 1 aromatic rings. The first-order valence-corrected chi connectivity index (χ1v) is 5.86. The second-order valence-corrected chi connectivity index (χ2v) is 4.29. The highest BCUT2D eigenvalue weighted by Crippen LogP contribution is 2.28. The van der Waals surface area contributed by atoms with E-state index in [1.807, 2.05) is 6.07 Å². The van der Waals surface area contributed by atoms with Gasteiger partial charge in [0.25, 0.3) is 0 Å². The zero-order valence-electron chi connectivity index (χ0n) is 11.2. The monoisotopic (exact) mass is 277 g/mol. The van der Waals surface area contributed by atoms with Crippen molar-refractivity contribution in [1.82, 2.24) is 5.32 Å². The maximum Gasteiger partial charge on any atom is 0.401 e. The number of nitrogens with one attached hydrogen (secondary N) is 1. The summed E-state index contributed by atoms with van der Waals surface area (Å²) < 4.78 is 46.5. The molecule has 0 radical (unpaired) electrons. The fourth-order valence-corrected chi connectivity index (χ4v) is 1.72. The van der Waals surface area contributed by atoms with Crippen LogP contribution in [0.4, 0.5) is 13.2 Å². The van der Waals surface area contributed by atoms with Crippen LogP contribution in [0, 0.1) is 0 Å². The van der Waals surface area contributed by atoms with E-state index in [1.165, 1.54) is 14.2 Å². The summed E-state index contributed by atoms with van der Waals surface area (Å²) in [5.41, 5.74) is 0.889. The van der Waals surface area contributed by atoms with E-state index in [0.717, 1.165) is 5.56 Å². The van der Waals surface area contributed by atoms with Crippen molar-refractivity contribution in [1.29, 1.82) is 0 Å². The Balaban J connectivity index is 2.61. The van der Waals surface area contributed by atoms with Gasteiger partial charge in [-0.15, -0.1) is 0 Å². The summed E-state index contributed by atoms with van der Waals surface area (Å²) >= 11 is 0. The summed E-state index contributed by atoms with van der Waals surface area (Å²) in [4.78, 5) is 0. The van der Waals surface area contributed by atoms with E-state index in [2.05, 4.69) is 5.32 Å². The molecule has 0 aromatic heterocycles. The molecule has 1 rings (SSSR count). The molecule has 0 amide bonds. The Labute approximate surface area is 110 Å². The molecular formula is C13H18F3NO2. The third-order valence-corrected chi connectivity index (χ3v) is 2.64. The van der Waals surface area contributed by atoms with Crippen LogP contribution in [0.5, 0.6) is 11.5 Å². The third-order valence-electron chi connectivity index (χ3n) is 2.64. The standard InChI is InChI=1S/C13H18F3NO2/c1-9(17-8-13(14,15)16)6-10-4-5-11(18-2)12(7-10)19-3/h4-5,7,9,17H,6,8H2,1-3H3. The molecule has 0 heterocycles. The molecule has 1 aromatic carbocycles. The molecule has 1 unspecified atom stereocenters. The molecule has 1 N–H and O–H groups in total. The first-order chi connectivity index (χ1) is 8.85. The summed E-state index contributed by atoms with van der Waals surface area (Å²) in [5, 5.41) is 2.44. The van der Waals surface area contributed by atoms with Gasteiger partial charge in [0.1, 0.15) is 0 Å². The van der Waals surface area contributed by atoms with Crippen LogP contribution in [0.1, 0.15) is 12.5 Å². The zero-order valence-corrected chi connectivity index (χ0v) is 11.2. The number of hydrogen-bond acceptors (Lipinski definition) is 3. The number of hydrogen-bond donors (Lipinski definition) is 1. The van der Waals surface area contributed by atoms with Crippen LogP contribution in [0.3, 0.4) is 0 Å². The van der Waals surface area contributed by atoms with Gasteiger partial charge < -0.3 is 14.8 Å². The number of ether oxygens (including phenoxy) is 2. The molecule has 0 bridgehead atoms. The molecule has 0 aliphatic heterocycles. The van der Waals surface area contributed by atoms with Crippen LogP contribution >= 0.6 is 0 Å². The van der Waals surface area contributed by atoms with E-state index in [-0.39, 0.29) is 6.04 Å². The number of rotatable bonds is 6. The molecule has 0 aliphatic rings. The molecule has 108 valence electrons. The lowest BCUT2D eigenvalue weighted by molar-refractivity contribution is -0.126. The highest BCUT2D eigenvalue weighted by Gasteiger charge is 2.27. The minimum absolute atomic E-state index is 0.278. The van der Waals surface area contributed by atoms with E-state index in [9.17, 15) is 13.2 Å². The molecular weight excluding hydrogens is 259 g/mol. The van der Waals surface area contributed by atoms with Crippen LogP contribution in [0.15, 0.2) is 18.2 Å². The second-order valence-electron chi connectivity index (χ2n) is 4.29. The van der Waals surface area contributed by atoms with E-state index < -0.39 is 12.7 Å². The largest absolute Gasteiger partial charge is 0.493 e. The third kappa shape index (κ3) is 5.38. The number of alkyl halides is 3. The first kappa shape index (κ1) is 15.6. The van der Waals surface area contributed by atoms with Gasteiger partial charge in [0.2, 0.25) is 0 Å². The van der Waals surface area contributed by atoms with Gasteiger partial charge in [0, 0.05) is 6.04 Å². The molecule has 0 saturated heterocycles. The van der Waals surface area contributed by atoms with Crippen molar-refractivity contribution in [3.8, 4) is 11.5 Å². The predicted octanol–water partition coefficient (Wildman–Crippen LogP) is 2.79. The normalized spacial score (nSPS) is 13.2. The fourth-order valence-electron chi connectivity index (χ4n) is 1.72. The Hall–Kier alpha value is -1.43. The Morgan fingerprint density at radius 2 is 1.79 bits per heavy atom. The van der Waals surface area contributed by atoms with Crippen LogP contribution in [0.2, 0.25) is 0 Å². The molecule has 6 heteroatoms. The van der Waals surface area contributed by atoms with Gasteiger partial charge in [0.05, 0.1) is 20.8 Å². The Bertz CT molecular complexity index is 407. The lowest BCUT2D eigenvalue weighted by Gasteiger charge is -2.16. The van der Waals surface area contributed by atoms with Gasteiger partial charge >= 0.3 is 6.18 Å². The molecule has 3 nitrogen and oxygen atoms in total. The van der Waals surface area contributed by atoms with Crippen LogP contribution < -0.4 is 14.8 Å². The quantitative estimate of drug-likeness (QED) is 0.867. The average molecular weight is 277 g/mol. The van der Waals surface area contributed by atoms with E-state index in [4.69, 9.17) is 9.47 Å². The highest BCUT2D eigenvalue weighted by atomic mass is 19.4. The van der Waals surface area contributed by atoms with Gasteiger partial charge in [-0.2, -0.15) is 13.2 Å². The molecule has 0 saturated carbocycles. The summed E-state index contributed by atoms with van der Waals surface area (Å²) in [7, 11) is 3.05. The van der Waals surface area contributed by atoms with Crippen molar-refractivity contribution in [3.05, 3.63) is 23.8 Å². The number of methoxy groups -OCH3 is 2. The van der Waals surface area contributed by atoms with Crippen molar-refractivity contribution in [2.75, 3.05) is 20.8 Å². The molecule has 19 heavy (non-hydrogen) atoms. The van der Waals surface area contributed by atoms with Crippen molar-refractivity contribution in [3.63, 3.8) is 0 Å². The minimum Gasteiger partial charge on any atom is -0.493 e. The maximum absolute atomic E-state index is 12.1. The smallest absolute Gasteiger partial charge is 0.401 e. The Morgan fingerprint density at radius 3 is 2.32 bits per heavy atom. The fraction of sp³-hybridized carbons (Fsp3) is 0.538. The summed E-state index contributed by atoms with van der Waals surface area (Å²) in [6.07, 6.45) is -3.71. The summed E-state index contributed by atoms with van der Waals surface area (Å²) in [6.45, 7) is 0.726. The maximum atomic E-state index is 12.1. The van der Waals surface area contributed by atoms with E-state index >= 15 is 0 Å². The molecule has 0 spiro atoms. The Morgan fingerprint density at radius 1 is 1.16 bits per heavy atom. The van der Waals surface area contributed by atoms with E-state index in [1.54, 1.807) is 19.1 Å². The van der Waals surface area contributed by atoms with Crippen LogP contribution in [0.25, 0.3) is 0 Å². The van der Waals surface area contributed by atoms with Crippen molar-refractivity contribution in [2.24, 2.45) is 0 Å². The van der Waals surface area contributed by atoms with Crippen LogP contribution in [-0.4, -0.2) is 33.0 Å². The first-order valence-electron chi connectivity index (χ1n) is 5.86. The van der Waals surface area contributed by atoms with Gasteiger partial charge in [-0.25, -0.2) is 0 Å². The van der Waals surface area contributed by atoms with Crippen LogP contribution in [-0.2, 0) is 6.42 Å². The number of benzene rings is 1. The topological polar surface area (TPSA) is 30.5 Å². The molecule has 0 aliphatic carbocycles. The molecule has 0 fully saturated rings. The molecule has 1 atom stereocenters. The van der Waals surface area contributed by atoms with Crippen molar-refractivity contribution >= 4 is 0 Å². The SMILES string of the molecule is COc1ccc(CC(C)NCC(F)(F)F)cc1OC. The zero-order chi connectivity index (χ0) is 14.5. The van der Waals surface area contributed by atoms with E-state index in [0.29, 0.717) is 17.9 Å². The summed E-state index contributed by atoms with van der Waals surface area (Å²) in [5.74, 6) is 1.17. The summed E-state index contributed by atoms with van der Waals surface area (Å²) in [6, 6.07) is 5.04. The highest BCUT2D eigenvalue weighted by molar-refractivity contribution is 5.43. The average Bonchev–Trinajstić information content (AvgIpc) is 2.35. The van der Waals surface area contributed by atoms with Crippen molar-refractivity contribution in [2.45, 2.75) is 25.6 Å². The lowest BCUT2D eigenvalue weighted by Crippen LogP contribution is -2.36. The Kier molecular flexibility index (Phi) is 5.47. The van der Waals surface area contributed by atoms with Gasteiger partial charge in [-0.1, -0.05) is 6.07 Å². The van der Waals surface area contributed by atoms with Gasteiger partial charge in [0.15, 0.2) is 11.5 Å². The lowest BCUT2D eigenvalue weighted by atomic mass is 10.1. The number of halogens is 3. The van der Waals surface area contributed by atoms with Gasteiger partial charge in [-0.05, 0) is 31.0 Å². The second kappa shape index (κ2) is 6.65. The minimum atomic E-state index is -4.19. The predicted molar refractivity (Wildman–Crippen MR) is 66.8 cm³/mol. The van der Waals surface area contributed by atoms with Gasteiger partial charge in [-0.3, -0.25) is 0 Å². The van der Waals surface area contributed by atoms with Crippen molar-refractivity contribution < 1.29 is 22.6 Å².